The maximum atomic E-state index is 14.8. The number of halogens is 2. The molecule has 0 aliphatic heterocycles. The van der Waals surface area contributed by atoms with Gasteiger partial charge >= 0.3 is 5.97 Å². The molecule has 0 aromatic heterocycles. The van der Waals surface area contributed by atoms with Crippen molar-refractivity contribution in [3.63, 3.8) is 0 Å². The molecule has 0 bridgehead atoms. The average Bonchev–Trinajstić information content (AvgIpc) is 2.89. The number of aryl methyl sites for hydroxylation is 1. The highest BCUT2D eigenvalue weighted by molar-refractivity contribution is 5.90. The lowest BCUT2D eigenvalue weighted by atomic mass is 9.77. The van der Waals surface area contributed by atoms with Crippen molar-refractivity contribution in [3.05, 3.63) is 34.9 Å². The molecule has 0 amide bonds. The average molecular weight is 505 g/mol. The molecule has 4 heteroatoms. The Balaban J connectivity index is 1.41. The van der Waals surface area contributed by atoms with E-state index in [9.17, 15) is 13.6 Å². The minimum Gasteiger partial charge on any atom is -0.459 e. The van der Waals surface area contributed by atoms with Crippen molar-refractivity contribution in [2.75, 3.05) is 0 Å². The molecule has 2 nitrogen and oxygen atoms in total. The van der Waals surface area contributed by atoms with Crippen LogP contribution in [0.3, 0.4) is 0 Å². The quantitative estimate of drug-likeness (QED) is 0.186. The summed E-state index contributed by atoms with van der Waals surface area (Å²) in [5.74, 6) is -0.461. The molecular formula is C32H50F2O2. The van der Waals surface area contributed by atoms with Crippen LogP contribution in [0.15, 0.2) is 12.1 Å². The number of esters is 1. The van der Waals surface area contributed by atoms with Crippen LogP contribution in [-0.4, -0.2) is 12.1 Å². The number of hydrogen-bond acceptors (Lipinski definition) is 2. The van der Waals surface area contributed by atoms with Crippen LogP contribution in [0, 0.1) is 29.4 Å². The van der Waals surface area contributed by atoms with Gasteiger partial charge in [0.25, 0.3) is 0 Å². The van der Waals surface area contributed by atoms with Crippen molar-refractivity contribution in [3.8, 4) is 0 Å². The minimum atomic E-state index is -1.04. The summed E-state index contributed by atoms with van der Waals surface area (Å²) < 4.78 is 35.3. The Morgan fingerprint density at radius 3 is 1.86 bits per heavy atom. The molecule has 0 atom stereocenters. The lowest BCUT2D eigenvalue weighted by Gasteiger charge is -2.29. The Morgan fingerprint density at radius 1 is 0.722 bits per heavy atom. The summed E-state index contributed by atoms with van der Waals surface area (Å²) in [7, 11) is 0. The van der Waals surface area contributed by atoms with Crippen LogP contribution in [0.1, 0.15) is 145 Å². The van der Waals surface area contributed by atoms with Gasteiger partial charge in [-0.1, -0.05) is 103 Å². The van der Waals surface area contributed by atoms with Gasteiger partial charge in [0.15, 0.2) is 11.6 Å². The van der Waals surface area contributed by atoms with E-state index < -0.39 is 17.6 Å². The number of ether oxygens (including phenoxy) is 1. The van der Waals surface area contributed by atoms with E-state index in [4.69, 9.17) is 4.74 Å². The second kappa shape index (κ2) is 15.7. The van der Waals surface area contributed by atoms with Gasteiger partial charge in [0, 0.05) is 0 Å². The highest BCUT2D eigenvalue weighted by Crippen LogP contribution is 2.35. The molecule has 36 heavy (non-hydrogen) atoms. The Morgan fingerprint density at radius 2 is 1.25 bits per heavy atom. The third-order valence-corrected chi connectivity index (χ3v) is 8.92. The topological polar surface area (TPSA) is 26.3 Å². The number of benzene rings is 1. The van der Waals surface area contributed by atoms with Gasteiger partial charge < -0.3 is 4.74 Å². The van der Waals surface area contributed by atoms with Crippen molar-refractivity contribution < 1.29 is 18.3 Å². The molecule has 2 aliphatic carbocycles. The van der Waals surface area contributed by atoms with Gasteiger partial charge in [0.05, 0.1) is 5.56 Å². The zero-order valence-corrected chi connectivity index (χ0v) is 23.0. The number of hydrogen-bond donors (Lipinski definition) is 0. The predicted octanol–water partition coefficient (Wildman–Crippen LogP) is 9.97. The maximum Gasteiger partial charge on any atom is 0.341 e. The van der Waals surface area contributed by atoms with E-state index in [0.717, 1.165) is 38.0 Å². The zero-order valence-electron chi connectivity index (χ0n) is 23.0. The second-order valence-electron chi connectivity index (χ2n) is 11.7. The first-order valence-electron chi connectivity index (χ1n) is 15.2. The monoisotopic (exact) mass is 504 g/mol. The van der Waals surface area contributed by atoms with Crippen molar-refractivity contribution in [1.29, 1.82) is 0 Å². The molecule has 2 saturated carbocycles. The van der Waals surface area contributed by atoms with Gasteiger partial charge in [-0.2, -0.15) is 0 Å². The van der Waals surface area contributed by atoms with Crippen LogP contribution in [0.25, 0.3) is 0 Å². The fourth-order valence-corrected chi connectivity index (χ4v) is 6.40. The fourth-order valence-electron chi connectivity index (χ4n) is 6.40. The van der Waals surface area contributed by atoms with E-state index in [2.05, 4.69) is 13.8 Å². The van der Waals surface area contributed by atoms with E-state index in [1.807, 2.05) is 0 Å². The lowest BCUT2D eigenvalue weighted by Crippen LogP contribution is -2.25. The summed E-state index contributed by atoms with van der Waals surface area (Å²) in [6.07, 6.45) is 21.6. The van der Waals surface area contributed by atoms with Crippen molar-refractivity contribution in [2.45, 2.75) is 142 Å². The number of rotatable bonds is 14. The first-order valence-corrected chi connectivity index (χ1v) is 15.2. The van der Waals surface area contributed by atoms with E-state index in [1.165, 1.54) is 89.5 Å². The molecule has 204 valence electrons. The van der Waals surface area contributed by atoms with Crippen molar-refractivity contribution in [1.82, 2.24) is 0 Å². The Kier molecular flexibility index (Phi) is 12.7. The predicted molar refractivity (Wildman–Crippen MR) is 144 cm³/mol. The van der Waals surface area contributed by atoms with Crippen molar-refractivity contribution in [2.24, 2.45) is 17.8 Å². The maximum absolute atomic E-state index is 14.8. The number of unbranched alkanes of at least 4 members (excludes halogenated alkanes) is 5. The van der Waals surface area contributed by atoms with Gasteiger partial charge in [-0.15, -0.1) is 0 Å². The second-order valence-corrected chi connectivity index (χ2v) is 11.7. The summed E-state index contributed by atoms with van der Waals surface area (Å²) in [6.45, 7) is 4.47. The number of carbonyl (C=O) groups is 1. The summed E-state index contributed by atoms with van der Waals surface area (Å²) in [6, 6.07) is 3.03. The zero-order chi connectivity index (χ0) is 25.8. The first kappa shape index (κ1) is 29.1. The van der Waals surface area contributed by atoms with Gasteiger partial charge in [0.1, 0.15) is 6.10 Å². The molecular weight excluding hydrogens is 454 g/mol. The highest BCUT2D eigenvalue weighted by Gasteiger charge is 2.27. The molecule has 2 aliphatic rings. The molecule has 3 rings (SSSR count). The molecule has 0 heterocycles. The standard InChI is InChI=1S/C32H50F2O2/c1-3-5-7-9-11-25-17-21-28(22-18-25)36-32(35)29-23-20-27(30(33)31(29)34)19-16-26-14-12-24(13-15-26)10-8-6-4-2/h20,23-26,28H,3-19,21-22H2,1-2H3/t24-,25?,26-,28?. The van der Waals surface area contributed by atoms with Crippen LogP contribution in [-0.2, 0) is 11.2 Å². The van der Waals surface area contributed by atoms with Gasteiger partial charge in [0.2, 0.25) is 0 Å². The molecule has 1 aromatic rings. The third kappa shape index (κ3) is 9.14. The van der Waals surface area contributed by atoms with E-state index in [1.54, 1.807) is 6.07 Å². The van der Waals surface area contributed by atoms with Crippen LogP contribution in [0.5, 0.6) is 0 Å². The lowest BCUT2D eigenvalue weighted by molar-refractivity contribution is 0.0155. The summed E-state index contributed by atoms with van der Waals surface area (Å²) in [5, 5.41) is 0. The largest absolute Gasteiger partial charge is 0.459 e. The van der Waals surface area contributed by atoms with Crippen molar-refractivity contribution >= 4 is 5.97 Å². The molecule has 2 fully saturated rings. The van der Waals surface area contributed by atoms with Crippen LogP contribution >= 0.6 is 0 Å². The Hall–Kier alpha value is -1.45. The minimum absolute atomic E-state index is 0.177. The highest BCUT2D eigenvalue weighted by atomic mass is 19.2. The van der Waals surface area contributed by atoms with Crippen LogP contribution < -0.4 is 0 Å². The number of carbonyl (C=O) groups excluding carboxylic acids is 1. The van der Waals surface area contributed by atoms with Gasteiger partial charge in [-0.05, 0) is 67.9 Å². The molecule has 1 aromatic carbocycles. The fraction of sp³-hybridized carbons (Fsp3) is 0.781. The normalized spacial score (nSPS) is 24.6. The van der Waals surface area contributed by atoms with Crippen LogP contribution in [0.4, 0.5) is 8.78 Å². The summed E-state index contributed by atoms with van der Waals surface area (Å²) in [5.41, 5.74) is 0.128. The summed E-state index contributed by atoms with van der Waals surface area (Å²) >= 11 is 0. The van der Waals surface area contributed by atoms with E-state index in [-0.39, 0.29) is 11.7 Å². The van der Waals surface area contributed by atoms with E-state index in [0.29, 0.717) is 23.8 Å². The Bertz CT molecular complexity index is 777. The first-order chi connectivity index (χ1) is 17.5. The molecule has 0 radical (unpaired) electrons. The van der Waals surface area contributed by atoms with E-state index >= 15 is 0 Å². The molecule has 0 spiro atoms. The smallest absolute Gasteiger partial charge is 0.341 e. The summed E-state index contributed by atoms with van der Waals surface area (Å²) in [4.78, 5) is 12.6. The molecule has 0 saturated heterocycles. The van der Waals surface area contributed by atoms with Crippen LogP contribution in [0.2, 0.25) is 0 Å². The Labute approximate surface area is 219 Å². The molecule has 0 N–H and O–H groups in total. The SMILES string of the molecule is CCCCCCC1CCC(OC(=O)c2ccc(CC[C@H]3CC[C@H](CCCCC)CC3)c(F)c2F)CC1. The molecule has 0 unspecified atom stereocenters. The third-order valence-electron chi connectivity index (χ3n) is 8.92. The van der Waals surface area contributed by atoms with Gasteiger partial charge in [-0.3, -0.25) is 0 Å². The van der Waals surface area contributed by atoms with Gasteiger partial charge in [-0.25, -0.2) is 13.6 Å².